The summed E-state index contributed by atoms with van der Waals surface area (Å²) in [4.78, 5) is 33.6. The van der Waals surface area contributed by atoms with E-state index in [0.717, 1.165) is 5.56 Å². The van der Waals surface area contributed by atoms with Crippen LogP contribution in [-0.4, -0.2) is 89.4 Å². The highest BCUT2D eigenvalue weighted by molar-refractivity contribution is 6.31. The topological polar surface area (TPSA) is 86.1 Å². The van der Waals surface area contributed by atoms with Gasteiger partial charge in [0, 0.05) is 37.1 Å². The second-order valence-electron chi connectivity index (χ2n) is 8.45. The molecule has 33 heavy (non-hydrogen) atoms. The van der Waals surface area contributed by atoms with Gasteiger partial charge in [-0.3, -0.25) is 9.59 Å². The lowest BCUT2D eigenvalue weighted by Gasteiger charge is -2.43. The van der Waals surface area contributed by atoms with Crippen LogP contribution in [0.5, 0.6) is 5.75 Å². The van der Waals surface area contributed by atoms with Crippen LogP contribution in [0, 0.1) is 6.92 Å². The largest absolute Gasteiger partial charge is 0.490 e. The third-order valence-corrected chi connectivity index (χ3v) is 6.37. The molecule has 0 saturated carbocycles. The Kier molecular flexibility index (Phi) is 7.52. The monoisotopic (exact) mass is 476 g/mol. The summed E-state index contributed by atoms with van der Waals surface area (Å²) >= 11 is 6.13. The molecule has 1 aromatic heterocycles. The molecule has 2 fully saturated rings. The van der Waals surface area contributed by atoms with Crippen molar-refractivity contribution in [2.75, 3.05) is 52.6 Å². The number of aromatic nitrogens is 2. The van der Waals surface area contributed by atoms with Crippen molar-refractivity contribution < 1.29 is 23.8 Å². The van der Waals surface area contributed by atoms with Gasteiger partial charge in [0.15, 0.2) is 0 Å². The zero-order chi connectivity index (χ0) is 23.3. The Morgan fingerprint density at radius 3 is 2.67 bits per heavy atom. The zero-order valence-corrected chi connectivity index (χ0v) is 19.5. The van der Waals surface area contributed by atoms with Crippen molar-refractivity contribution in [3.8, 4) is 5.75 Å². The molecule has 3 heterocycles. The van der Waals surface area contributed by atoms with Crippen molar-refractivity contribution in [3.05, 3.63) is 47.5 Å². The molecule has 9 nitrogen and oxygen atoms in total. The van der Waals surface area contributed by atoms with Crippen molar-refractivity contribution in [1.29, 1.82) is 0 Å². The molecule has 4 rings (SSSR count). The van der Waals surface area contributed by atoms with E-state index >= 15 is 0 Å². The zero-order valence-electron chi connectivity index (χ0n) is 18.7. The molecule has 2 amide bonds. The average Bonchev–Trinajstić information content (AvgIpc) is 3.34. The summed E-state index contributed by atoms with van der Waals surface area (Å²) in [5, 5.41) is 0.657. The highest BCUT2D eigenvalue weighted by atomic mass is 35.5. The number of carbonyl (C=O) groups is 2. The number of nitrogens with zero attached hydrogens (tertiary/aromatic N) is 4. The molecule has 0 radical (unpaired) electrons. The second-order valence-corrected chi connectivity index (χ2v) is 8.86. The summed E-state index contributed by atoms with van der Waals surface area (Å²) in [6.07, 6.45) is 5.12. The fourth-order valence-corrected chi connectivity index (χ4v) is 4.18. The minimum absolute atomic E-state index is 0.0295. The second kappa shape index (κ2) is 10.5. The molecule has 2 aromatic rings. The van der Waals surface area contributed by atoms with Gasteiger partial charge in [0.05, 0.1) is 39.1 Å². The summed E-state index contributed by atoms with van der Waals surface area (Å²) in [7, 11) is 0. The van der Waals surface area contributed by atoms with Crippen LogP contribution in [0.2, 0.25) is 5.02 Å². The molecule has 0 bridgehead atoms. The van der Waals surface area contributed by atoms with Crippen LogP contribution in [0.15, 0.2) is 36.9 Å². The Balaban J connectivity index is 1.49. The van der Waals surface area contributed by atoms with Crippen LogP contribution in [0.1, 0.15) is 12.0 Å². The molecule has 1 atom stereocenters. The molecule has 1 aromatic carbocycles. The Morgan fingerprint density at radius 1 is 1.15 bits per heavy atom. The van der Waals surface area contributed by atoms with Gasteiger partial charge in [0.2, 0.25) is 11.8 Å². The quantitative estimate of drug-likeness (QED) is 0.605. The van der Waals surface area contributed by atoms with Gasteiger partial charge in [-0.05, 0) is 30.7 Å². The minimum Gasteiger partial charge on any atom is -0.490 e. The van der Waals surface area contributed by atoms with Crippen LogP contribution in [-0.2, 0) is 25.6 Å². The van der Waals surface area contributed by atoms with Gasteiger partial charge < -0.3 is 28.6 Å². The molecule has 2 aliphatic rings. The molecule has 178 valence electrons. The van der Waals surface area contributed by atoms with Gasteiger partial charge in [-0.2, -0.15) is 0 Å². The van der Waals surface area contributed by atoms with E-state index in [1.807, 2.05) is 13.0 Å². The number of imidazole rings is 1. The summed E-state index contributed by atoms with van der Waals surface area (Å²) in [5.74, 6) is 0.556. The van der Waals surface area contributed by atoms with Crippen LogP contribution in [0.25, 0.3) is 0 Å². The maximum Gasteiger partial charge on any atom is 0.242 e. The number of carbonyl (C=O) groups excluding carboxylic acids is 2. The van der Waals surface area contributed by atoms with Gasteiger partial charge in [0.25, 0.3) is 0 Å². The summed E-state index contributed by atoms with van der Waals surface area (Å²) in [5.41, 5.74) is -0.0551. The SMILES string of the molecule is Cc1cc(OC[C@]2(CC(=O)N3CCOCC3)CN(C(=O)Cn3ccnc3)CCO2)ccc1Cl. The molecule has 2 saturated heterocycles. The van der Waals surface area contributed by atoms with E-state index in [0.29, 0.717) is 50.2 Å². The van der Waals surface area contributed by atoms with Gasteiger partial charge in [0.1, 0.15) is 24.5 Å². The lowest BCUT2D eigenvalue weighted by molar-refractivity contribution is -0.167. The van der Waals surface area contributed by atoms with Crippen molar-refractivity contribution in [2.45, 2.75) is 25.5 Å². The predicted molar refractivity (Wildman–Crippen MR) is 121 cm³/mol. The Hall–Kier alpha value is -2.62. The Morgan fingerprint density at radius 2 is 1.94 bits per heavy atom. The molecule has 0 spiro atoms. The molecule has 10 heteroatoms. The third kappa shape index (κ3) is 6.04. The minimum atomic E-state index is -0.953. The van der Waals surface area contributed by atoms with E-state index in [2.05, 4.69) is 4.98 Å². The van der Waals surface area contributed by atoms with Crippen LogP contribution < -0.4 is 4.74 Å². The van der Waals surface area contributed by atoms with Gasteiger partial charge in [-0.1, -0.05) is 11.6 Å². The number of amides is 2. The van der Waals surface area contributed by atoms with Gasteiger partial charge in [-0.25, -0.2) is 4.98 Å². The van der Waals surface area contributed by atoms with Crippen molar-refractivity contribution in [3.63, 3.8) is 0 Å². The van der Waals surface area contributed by atoms with E-state index in [1.165, 1.54) is 0 Å². The van der Waals surface area contributed by atoms with Crippen molar-refractivity contribution >= 4 is 23.4 Å². The Bertz CT molecular complexity index is 964. The molecular formula is C23H29ClN4O5. The number of benzene rings is 1. The van der Waals surface area contributed by atoms with Crippen molar-refractivity contribution in [2.24, 2.45) is 0 Å². The number of hydrogen-bond donors (Lipinski definition) is 0. The average molecular weight is 477 g/mol. The highest BCUT2D eigenvalue weighted by Gasteiger charge is 2.42. The number of halogens is 1. The number of morpholine rings is 2. The normalized spacial score (nSPS) is 21.2. The number of rotatable bonds is 7. The Labute approximate surface area is 198 Å². The van der Waals surface area contributed by atoms with Crippen molar-refractivity contribution in [1.82, 2.24) is 19.4 Å². The van der Waals surface area contributed by atoms with E-state index in [-0.39, 0.29) is 37.9 Å². The van der Waals surface area contributed by atoms with Gasteiger partial charge in [-0.15, -0.1) is 0 Å². The molecule has 0 unspecified atom stereocenters. The first kappa shape index (κ1) is 23.5. The molecular weight excluding hydrogens is 448 g/mol. The predicted octanol–water partition coefficient (Wildman–Crippen LogP) is 1.77. The maximum absolute atomic E-state index is 13.1. The highest BCUT2D eigenvalue weighted by Crippen LogP contribution is 2.27. The molecule has 0 aliphatic carbocycles. The first-order valence-corrected chi connectivity index (χ1v) is 11.4. The first-order valence-electron chi connectivity index (χ1n) is 11.1. The smallest absolute Gasteiger partial charge is 0.242 e. The lowest BCUT2D eigenvalue weighted by Crippen LogP contribution is -2.59. The van der Waals surface area contributed by atoms with Gasteiger partial charge >= 0.3 is 0 Å². The first-order chi connectivity index (χ1) is 15.9. The maximum atomic E-state index is 13.1. The van der Waals surface area contributed by atoms with Crippen LogP contribution in [0.3, 0.4) is 0 Å². The molecule has 2 aliphatic heterocycles. The fourth-order valence-electron chi connectivity index (χ4n) is 4.06. The number of ether oxygens (including phenoxy) is 3. The van der Waals surface area contributed by atoms with E-state index < -0.39 is 5.60 Å². The summed E-state index contributed by atoms with van der Waals surface area (Å²) in [6, 6.07) is 5.42. The summed E-state index contributed by atoms with van der Waals surface area (Å²) < 4.78 is 19.3. The third-order valence-electron chi connectivity index (χ3n) is 5.95. The molecule has 0 N–H and O–H groups in total. The summed E-state index contributed by atoms with van der Waals surface area (Å²) in [6.45, 7) is 5.43. The number of aryl methyl sites for hydroxylation is 1. The lowest BCUT2D eigenvalue weighted by atomic mass is 9.96. The van der Waals surface area contributed by atoms with E-state index in [4.69, 9.17) is 25.8 Å². The standard InChI is InChI=1S/C23H29ClN4O5/c1-18-12-19(2-3-20(18)24)32-16-23(13-21(29)27-6-9-31-10-7-27)15-28(8-11-33-23)22(30)14-26-5-4-25-17-26/h2-5,12,17H,6-11,13-16H2,1H3/t23-/m0/s1. The van der Waals surface area contributed by atoms with E-state index in [9.17, 15) is 9.59 Å². The van der Waals surface area contributed by atoms with E-state index in [1.54, 1.807) is 45.2 Å². The number of hydrogen-bond acceptors (Lipinski definition) is 6. The fraction of sp³-hybridized carbons (Fsp3) is 0.522. The van der Waals surface area contributed by atoms with Crippen LogP contribution >= 0.6 is 11.6 Å². The van der Waals surface area contributed by atoms with Crippen LogP contribution in [0.4, 0.5) is 0 Å².